The summed E-state index contributed by atoms with van der Waals surface area (Å²) in [4.78, 5) is 0. The first-order valence-electron chi connectivity index (χ1n) is 3.82. The highest BCUT2D eigenvalue weighted by molar-refractivity contribution is 4.93. The summed E-state index contributed by atoms with van der Waals surface area (Å²) in [5, 5.41) is 0. The monoisotopic (exact) mass is 150 g/mol. The second-order valence-electron chi connectivity index (χ2n) is 2.53. The molecule has 1 aromatic rings. The van der Waals surface area contributed by atoms with Crippen LogP contribution in [0.5, 0.6) is 0 Å². The van der Waals surface area contributed by atoms with E-state index in [1.54, 1.807) is 0 Å². The lowest BCUT2D eigenvalue weighted by Gasteiger charge is -2.20. The second kappa shape index (κ2) is 2.91. The lowest BCUT2D eigenvalue weighted by molar-refractivity contribution is -0.745. The summed E-state index contributed by atoms with van der Waals surface area (Å²) in [6.45, 7) is 12.2. The van der Waals surface area contributed by atoms with Crippen molar-refractivity contribution in [3.63, 3.8) is 0 Å². The summed E-state index contributed by atoms with van der Waals surface area (Å²) in [6, 6.07) is 0. The predicted molar refractivity (Wildman–Crippen MR) is 41.5 cm³/mol. The summed E-state index contributed by atoms with van der Waals surface area (Å²) in [6.07, 6.45) is 3.17. The third-order valence-corrected chi connectivity index (χ3v) is 1.98. The van der Waals surface area contributed by atoms with E-state index in [1.165, 1.54) is 11.4 Å². The number of hydrogen-bond donors (Lipinski definition) is 0. The highest BCUT2D eigenvalue weighted by Crippen LogP contribution is 1.93. The maximum Gasteiger partial charge on any atom is 0.0324 e. The van der Waals surface area contributed by atoms with Crippen molar-refractivity contribution < 1.29 is 9.13 Å². The Morgan fingerprint density at radius 1 is 1.36 bits per heavy atom. The van der Waals surface area contributed by atoms with Crippen molar-refractivity contribution in [2.45, 2.75) is 27.7 Å². The molecule has 0 aliphatic carbocycles. The lowest BCUT2D eigenvalue weighted by Crippen LogP contribution is -2.37. The summed E-state index contributed by atoms with van der Waals surface area (Å²) < 4.78 is 3.99. The predicted octanol–water partition coefficient (Wildman–Crippen LogP) is 0.457. The summed E-state index contributed by atoms with van der Waals surface area (Å²) in [5.74, 6) is 0. The normalized spacial score (nSPS) is 9.82. The largest absolute Gasteiger partial charge is 0.624 e. The van der Waals surface area contributed by atoms with Gasteiger partial charge in [-0.3, -0.25) is 0 Å². The van der Waals surface area contributed by atoms with Crippen LogP contribution in [0.4, 0.5) is 0 Å². The van der Waals surface area contributed by atoms with Crippen molar-refractivity contribution in [2.75, 3.05) is 0 Å². The summed E-state index contributed by atoms with van der Waals surface area (Å²) >= 11 is 0. The van der Waals surface area contributed by atoms with Crippen LogP contribution in [0.15, 0.2) is 0 Å². The van der Waals surface area contributed by atoms with Crippen LogP contribution in [0.1, 0.15) is 25.2 Å². The molecule has 0 saturated heterocycles. The third kappa shape index (κ3) is 1.20. The molecule has 2 nitrogen and oxygen atoms in total. The van der Waals surface area contributed by atoms with Crippen molar-refractivity contribution in [1.82, 2.24) is 0 Å². The van der Waals surface area contributed by atoms with E-state index >= 15 is 0 Å². The topological polar surface area (TPSA) is 7.76 Å². The quantitative estimate of drug-likeness (QED) is 0.427. The standard InChI is InChI=1S/C9H14N2/c1-5-10-7-11(6-2)9(4)8(10)3/h5-6H,1-4H3/q-2. The molecule has 0 unspecified atom stereocenters. The van der Waals surface area contributed by atoms with Gasteiger partial charge in [0, 0.05) is 6.33 Å². The van der Waals surface area contributed by atoms with E-state index in [2.05, 4.69) is 20.2 Å². The van der Waals surface area contributed by atoms with Gasteiger partial charge in [0.25, 0.3) is 0 Å². The molecule has 0 aromatic carbocycles. The molecule has 1 heterocycles. The Bertz CT molecular complexity index is 224. The van der Waals surface area contributed by atoms with Gasteiger partial charge in [-0.2, -0.15) is 6.54 Å². The minimum absolute atomic E-state index is 1.24. The maximum atomic E-state index is 3.17. The Hall–Kier alpha value is -1.05. The van der Waals surface area contributed by atoms with Crippen molar-refractivity contribution in [3.05, 3.63) is 30.8 Å². The zero-order valence-corrected chi connectivity index (χ0v) is 7.55. The van der Waals surface area contributed by atoms with E-state index in [0.29, 0.717) is 0 Å². The van der Waals surface area contributed by atoms with Crippen LogP contribution in [0, 0.1) is 33.3 Å². The Morgan fingerprint density at radius 2 is 2.00 bits per heavy atom. The Balaban J connectivity index is 3.12. The Labute approximate surface area is 68.5 Å². The van der Waals surface area contributed by atoms with E-state index in [0.717, 1.165) is 0 Å². The van der Waals surface area contributed by atoms with Crippen molar-refractivity contribution in [2.24, 2.45) is 0 Å². The highest BCUT2D eigenvalue weighted by Gasteiger charge is 1.84. The van der Waals surface area contributed by atoms with Crippen LogP contribution in [0.2, 0.25) is 0 Å². The van der Waals surface area contributed by atoms with Crippen LogP contribution in [0.25, 0.3) is 0 Å². The lowest BCUT2D eigenvalue weighted by atomic mass is 10.3. The molecule has 0 radical (unpaired) electrons. The summed E-state index contributed by atoms with van der Waals surface area (Å²) in [5.41, 5.74) is 2.48. The number of aromatic nitrogens is 2. The van der Waals surface area contributed by atoms with Gasteiger partial charge < -0.3 is 9.13 Å². The molecular formula is C9H14N2-2. The fourth-order valence-electron chi connectivity index (χ4n) is 1.12. The van der Waals surface area contributed by atoms with Gasteiger partial charge in [-0.25, -0.2) is 5.69 Å². The molecule has 11 heavy (non-hydrogen) atoms. The molecule has 0 aliphatic heterocycles. The molecule has 62 valence electrons. The van der Waals surface area contributed by atoms with Gasteiger partial charge in [0.1, 0.15) is 0 Å². The Morgan fingerprint density at radius 3 is 2.27 bits per heavy atom. The number of rotatable bonds is 2. The van der Waals surface area contributed by atoms with Crippen molar-refractivity contribution in [3.8, 4) is 0 Å². The van der Waals surface area contributed by atoms with Crippen LogP contribution < -0.4 is 9.13 Å². The van der Waals surface area contributed by atoms with Gasteiger partial charge in [0.2, 0.25) is 0 Å². The molecule has 0 saturated carbocycles. The molecule has 0 fully saturated rings. The molecule has 0 atom stereocenters. The first kappa shape index (κ1) is 8.05. The average molecular weight is 150 g/mol. The molecule has 0 N–H and O–H groups in total. The highest BCUT2D eigenvalue weighted by atomic mass is 15.1. The van der Waals surface area contributed by atoms with Crippen molar-refractivity contribution >= 4 is 0 Å². The fraction of sp³-hybridized carbons (Fsp3) is 0.444. The minimum Gasteiger partial charge on any atom is -0.624 e. The van der Waals surface area contributed by atoms with Gasteiger partial charge in [-0.05, 0) is 0 Å². The smallest absolute Gasteiger partial charge is 0.0324 e. The van der Waals surface area contributed by atoms with E-state index < -0.39 is 0 Å². The number of hydrogen-bond acceptors (Lipinski definition) is 0. The maximum absolute atomic E-state index is 3.17. The van der Waals surface area contributed by atoms with Gasteiger partial charge in [0.05, 0.1) is 0 Å². The summed E-state index contributed by atoms with van der Waals surface area (Å²) in [7, 11) is 0. The van der Waals surface area contributed by atoms with Gasteiger partial charge in [0.15, 0.2) is 0 Å². The number of nitrogens with zero attached hydrogens (tertiary/aromatic N) is 2. The zero-order chi connectivity index (χ0) is 8.43. The van der Waals surface area contributed by atoms with Gasteiger partial charge >= 0.3 is 0 Å². The van der Waals surface area contributed by atoms with Gasteiger partial charge in [-0.1, -0.05) is 13.5 Å². The average Bonchev–Trinajstić information content (AvgIpc) is 2.30. The molecule has 2 heteroatoms. The Kier molecular flexibility index (Phi) is 2.13. The molecule has 0 aliphatic rings. The molecule has 0 amide bonds. The van der Waals surface area contributed by atoms with E-state index in [-0.39, 0.29) is 0 Å². The van der Waals surface area contributed by atoms with Gasteiger partial charge in [-0.15, -0.1) is 26.5 Å². The van der Waals surface area contributed by atoms with Crippen LogP contribution in [-0.4, -0.2) is 0 Å². The molecule has 1 aromatic heterocycles. The minimum atomic E-state index is 1.24. The van der Waals surface area contributed by atoms with Crippen molar-refractivity contribution in [1.29, 1.82) is 0 Å². The van der Waals surface area contributed by atoms with E-state index in [1.807, 2.05) is 36.1 Å². The number of imidazole rings is 1. The SMILES string of the molecule is C[CH-][n+]1[c-][n+]([CH-]C)[c-](C)c1C. The van der Waals surface area contributed by atoms with E-state index in [4.69, 9.17) is 0 Å². The third-order valence-electron chi connectivity index (χ3n) is 1.98. The fourth-order valence-corrected chi connectivity index (χ4v) is 1.12. The first-order chi connectivity index (χ1) is 5.20. The molecular weight excluding hydrogens is 136 g/mol. The van der Waals surface area contributed by atoms with Crippen LogP contribution in [-0.2, 0) is 0 Å². The molecule has 1 rings (SSSR count). The first-order valence-corrected chi connectivity index (χ1v) is 3.82. The molecule has 0 spiro atoms. The second-order valence-corrected chi connectivity index (χ2v) is 2.53. The zero-order valence-electron chi connectivity index (χ0n) is 7.55. The van der Waals surface area contributed by atoms with Crippen LogP contribution in [0.3, 0.4) is 0 Å². The van der Waals surface area contributed by atoms with Crippen LogP contribution >= 0.6 is 0 Å². The van der Waals surface area contributed by atoms with E-state index in [9.17, 15) is 0 Å². The molecule has 0 bridgehead atoms.